The van der Waals surface area contributed by atoms with Gasteiger partial charge in [0, 0.05) is 23.9 Å². The van der Waals surface area contributed by atoms with Gasteiger partial charge in [-0.05, 0) is 44.6 Å². The summed E-state index contributed by atoms with van der Waals surface area (Å²) in [6, 6.07) is 4.66. The van der Waals surface area contributed by atoms with Gasteiger partial charge in [-0.3, -0.25) is 4.79 Å². The number of alkyl halides is 3. The third-order valence-electron chi connectivity index (χ3n) is 3.66. The van der Waals surface area contributed by atoms with Gasteiger partial charge in [-0.15, -0.1) is 0 Å². The average molecular weight is 342 g/mol. The Hall–Kier alpha value is -2.02. The van der Waals surface area contributed by atoms with Gasteiger partial charge < -0.3 is 14.6 Å². The summed E-state index contributed by atoms with van der Waals surface area (Å²) in [4.78, 5) is 16.0. The highest BCUT2D eigenvalue weighted by atomic mass is 19.4. The minimum atomic E-state index is -4.49. The molecular formula is C17H21F3N2O2. The van der Waals surface area contributed by atoms with E-state index in [-0.39, 0.29) is 24.2 Å². The molecule has 0 saturated carbocycles. The third-order valence-corrected chi connectivity index (χ3v) is 3.66. The van der Waals surface area contributed by atoms with Crippen LogP contribution in [-0.4, -0.2) is 36.5 Å². The van der Waals surface area contributed by atoms with Crippen LogP contribution in [0.5, 0.6) is 5.75 Å². The fourth-order valence-electron chi connectivity index (χ4n) is 2.57. The maximum absolute atomic E-state index is 13.4. The fraction of sp³-hybridized carbons (Fsp3) is 0.471. The van der Waals surface area contributed by atoms with Crippen LogP contribution < -0.4 is 4.74 Å². The lowest BCUT2D eigenvalue weighted by Crippen LogP contribution is -2.17. The van der Waals surface area contributed by atoms with Crippen molar-refractivity contribution < 1.29 is 22.7 Å². The molecule has 4 nitrogen and oxygen atoms in total. The maximum atomic E-state index is 13.4. The molecule has 0 unspecified atom stereocenters. The predicted octanol–water partition coefficient (Wildman–Crippen LogP) is 4.00. The number of rotatable bonds is 6. The molecule has 0 spiro atoms. The number of ether oxygens (including phenoxy) is 1. The first-order valence-electron chi connectivity index (χ1n) is 7.80. The van der Waals surface area contributed by atoms with Gasteiger partial charge in [0.1, 0.15) is 11.4 Å². The molecule has 0 bridgehead atoms. The van der Waals surface area contributed by atoms with Gasteiger partial charge in [0.2, 0.25) is 0 Å². The van der Waals surface area contributed by atoms with Gasteiger partial charge in [0.15, 0.2) is 0 Å². The zero-order valence-corrected chi connectivity index (χ0v) is 14.0. The topological polar surface area (TPSA) is 45.3 Å². The Labute approximate surface area is 138 Å². The van der Waals surface area contributed by atoms with Gasteiger partial charge in [-0.25, -0.2) is 0 Å². The monoisotopic (exact) mass is 342 g/mol. The van der Waals surface area contributed by atoms with E-state index in [4.69, 9.17) is 4.74 Å². The number of fused-ring (bicyclic) bond motifs is 1. The molecule has 1 heterocycles. The van der Waals surface area contributed by atoms with E-state index < -0.39 is 17.8 Å². The van der Waals surface area contributed by atoms with Crippen molar-refractivity contribution in [3.63, 3.8) is 0 Å². The van der Waals surface area contributed by atoms with E-state index in [1.165, 1.54) is 6.07 Å². The third kappa shape index (κ3) is 4.08. The fourth-order valence-corrected chi connectivity index (χ4v) is 2.57. The molecule has 2 rings (SSSR count). The number of carbonyl (C=O) groups is 1. The van der Waals surface area contributed by atoms with Crippen LogP contribution in [0, 0.1) is 0 Å². The lowest BCUT2D eigenvalue weighted by molar-refractivity contribution is -0.141. The minimum Gasteiger partial charge on any atom is -0.426 e. The summed E-state index contributed by atoms with van der Waals surface area (Å²) >= 11 is 0. The molecule has 0 radical (unpaired) electrons. The number of aromatic amines is 1. The largest absolute Gasteiger partial charge is 0.431 e. The number of benzene rings is 1. The van der Waals surface area contributed by atoms with Crippen molar-refractivity contribution in [3.8, 4) is 5.75 Å². The molecule has 0 aliphatic carbocycles. The molecule has 24 heavy (non-hydrogen) atoms. The summed E-state index contributed by atoms with van der Waals surface area (Å²) in [6.07, 6.45) is -3.46. The molecule has 0 aliphatic rings. The van der Waals surface area contributed by atoms with Crippen molar-refractivity contribution in [1.29, 1.82) is 0 Å². The first-order valence-corrected chi connectivity index (χ1v) is 7.80. The van der Waals surface area contributed by atoms with E-state index in [1.54, 1.807) is 26.2 Å². The number of carbonyl (C=O) groups excluding carboxylic acids is 1. The second-order valence-electron chi connectivity index (χ2n) is 5.93. The molecule has 1 N–H and O–H groups in total. The SMILES string of the molecule is CCCC(=O)Oc1cccc2[nH]c(C(F)(F)F)c(CCN(C)C)c12. The Bertz CT molecular complexity index is 720. The number of aromatic nitrogens is 1. The normalized spacial score (nSPS) is 12.1. The van der Waals surface area contributed by atoms with Crippen LogP contribution in [0.15, 0.2) is 18.2 Å². The van der Waals surface area contributed by atoms with E-state index in [1.807, 2.05) is 11.8 Å². The van der Waals surface area contributed by atoms with E-state index in [9.17, 15) is 18.0 Å². The Morgan fingerprint density at radius 1 is 1.29 bits per heavy atom. The minimum absolute atomic E-state index is 0.131. The molecule has 1 aromatic heterocycles. The maximum Gasteiger partial charge on any atom is 0.431 e. The van der Waals surface area contributed by atoms with Crippen molar-refractivity contribution >= 4 is 16.9 Å². The predicted molar refractivity (Wildman–Crippen MR) is 86.1 cm³/mol. The molecule has 0 saturated heterocycles. The number of likely N-dealkylation sites (N-methyl/N-ethyl adjacent to an activating group) is 1. The first-order chi connectivity index (χ1) is 11.2. The molecular weight excluding hydrogens is 321 g/mol. The quantitative estimate of drug-likeness (QED) is 0.638. The van der Waals surface area contributed by atoms with Gasteiger partial charge in [0.05, 0.1) is 0 Å². The summed E-state index contributed by atoms with van der Waals surface area (Å²) in [7, 11) is 3.59. The van der Waals surface area contributed by atoms with Crippen LogP contribution in [0.4, 0.5) is 13.2 Å². The molecule has 7 heteroatoms. The average Bonchev–Trinajstić information content (AvgIpc) is 2.85. The van der Waals surface area contributed by atoms with Crippen molar-refractivity contribution in [2.24, 2.45) is 0 Å². The molecule has 2 aromatic rings. The van der Waals surface area contributed by atoms with E-state index in [0.29, 0.717) is 23.9 Å². The van der Waals surface area contributed by atoms with Gasteiger partial charge in [-0.1, -0.05) is 13.0 Å². The van der Waals surface area contributed by atoms with Gasteiger partial charge >= 0.3 is 12.1 Å². The smallest absolute Gasteiger partial charge is 0.426 e. The Morgan fingerprint density at radius 3 is 2.58 bits per heavy atom. The van der Waals surface area contributed by atoms with Crippen LogP contribution in [0.3, 0.4) is 0 Å². The number of hydrogen-bond acceptors (Lipinski definition) is 3. The Balaban J connectivity index is 2.55. The molecule has 0 fully saturated rings. The zero-order chi connectivity index (χ0) is 17.9. The lowest BCUT2D eigenvalue weighted by Gasteiger charge is -2.13. The zero-order valence-electron chi connectivity index (χ0n) is 14.0. The highest BCUT2D eigenvalue weighted by Gasteiger charge is 2.37. The number of halogens is 3. The second-order valence-corrected chi connectivity index (χ2v) is 5.93. The van der Waals surface area contributed by atoms with Crippen LogP contribution >= 0.6 is 0 Å². The summed E-state index contributed by atoms with van der Waals surface area (Å²) in [5.74, 6) is -0.273. The van der Waals surface area contributed by atoms with Crippen LogP contribution in [-0.2, 0) is 17.4 Å². The number of nitrogens with one attached hydrogen (secondary N) is 1. The highest BCUT2D eigenvalue weighted by Crippen LogP contribution is 2.39. The van der Waals surface area contributed by atoms with Gasteiger partial charge in [0.25, 0.3) is 0 Å². The van der Waals surface area contributed by atoms with Gasteiger partial charge in [-0.2, -0.15) is 13.2 Å². The number of H-pyrrole nitrogens is 1. The highest BCUT2D eigenvalue weighted by molar-refractivity contribution is 5.92. The second kappa shape index (κ2) is 7.25. The van der Waals surface area contributed by atoms with E-state index in [2.05, 4.69) is 4.98 Å². The molecule has 0 amide bonds. The standard InChI is InChI=1S/C17H21F3N2O2/c1-4-6-14(23)24-13-8-5-7-12-15(13)11(9-10-22(2)3)16(21-12)17(18,19)20/h5,7-8,21H,4,6,9-10H2,1-3H3. The van der Waals surface area contributed by atoms with Crippen molar-refractivity contribution in [2.75, 3.05) is 20.6 Å². The number of hydrogen-bond donors (Lipinski definition) is 1. The molecule has 0 aliphatic heterocycles. The van der Waals surface area contributed by atoms with Crippen molar-refractivity contribution in [1.82, 2.24) is 9.88 Å². The van der Waals surface area contributed by atoms with Crippen LogP contribution in [0.2, 0.25) is 0 Å². The summed E-state index contributed by atoms with van der Waals surface area (Å²) in [5.41, 5.74) is -0.331. The Kier molecular flexibility index (Phi) is 5.54. The number of esters is 1. The molecule has 0 atom stereocenters. The van der Waals surface area contributed by atoms with Crippen molar-refractivity contribution in [2.45, 2.75) is 32.4 Å². The molecule has 1 aromatic carbocycles. The van der Waals surface area contributed by atoms with Crippen LogP contribution in [0.1, 0.15) is 31.0 Å². The van der Waals surface area contributed by atoms with Crippen molar-refractivity contribution in [3.05, 3.63) is 29.5 Å². The van der Waals surface area contributed by atoms with E-state index >= 15 is 0 Å². The first kappa shape index (κ1) is 18.3. The lowest BCUT2D eigenvalue weighted by atomic mass is 10.1. The number of nitrogens with zero attached hydrogens (tertiary/aromatic N) is 1. The molecule has 132 valence electrons. The van der Waals surface area contributed by atoms with E-state index in [0.717, 1.165) is 0 Å². The van der Waals surface area contributed by atoms with Crippen LogP contribution in [0.25, 0.3) is 10.9 Å². The summed E-state index contributed by atoms with van der Waals surface area (Å²) in [5, 5.41) is 0.330. The summed E-state index contributed by atoms with van der Waals surface area (Å²) in [6.45, 7) is 2.29. The summed E-state index contributed by atoms with van der Waals surface area (Å²) < 4.78 is 45.4. The Morgan fingerprint density at radius 2 is 2.00 bits per heavy atom.